The molecule has 2 aromatic carbocycles. The van der Waals surface area contributed by atoms with Gasteiger partial charge in [-0.05, 0) is 0 Å². The molecule has 28 heavy (non-hydrogen) atoms. The molecular formula is C19H15F6N2P. The maximum absolute atomic E-state index is 10.7. The SMILES string of the molecule is F[P-](F)(F)(F)(F)F.N#Cc1cc[n+](C(c2ccccc2)c2ccccc2)cc1. The fraction of sp³-hybridized carbons (Fsp3) is 0.0526. The fourth-order valence-electron chi connectivity index (χ4n) is 2.49. The Balaban J connectivity index is 0.000000345. The number of pyridine rings is 1. The minimum Gasteiger partial charge on any atom is -0.194 e. The van der Waals surface area contributed by atoms with E-state index in [0.717, 1.165) is 0 Å². The van der Waals surface area contributed by atoms with Crippen molar-refractivity contribution in [2.24, 2.45) is 0 Å². The Morgan fingerprint density at radius 1 is 0.679 bits per heavy atom. The Morgan fingerprint density at radius 2 is 1.04 bits per heavy atom. The van der Waals surface area contributed by atoms with Crippen LogP contribution in [0, 0.1) is 11.3 Å². The number of nitrogens with zero attached hydrogens (tertiary/aromatic N) is 2. The summed E-state index contributed by atoms with van der Waals surface area (Å²) in [6.07, 6.45) is 3.92. The molecular weight excluding hydrogens is 401 g/mol. The minimum atomic E-state index is -10.7. The Bertz CT molecular complexity index is 900. The summed E-state index contributed by atoms with van der Waals surface area (Å²) in [6, 6.07) is 26.7. The van der Waals surface area contributed by atoms with Crippen molar-refractivity contribution < 1.29 is 29.7 Å². The van der Waals surface area contributed by atoms with Crippen molar-refractivity contribution in [2.45, 2.75) is 6.04 Å². The van der Waals surface area contributed by atoms with Gasteiger partial charge in [-0.2, -0.15) is 9.83 Å². The second kappa shape index (κ2) is 7.25. The van der Waals surface area contributed by atoms with Gasteiger partial charge >= 0.3 is 33.0 Å². The molecule has 0 saturated heterocycles. The zero-order valence-electron chi connectivity index (χ0n) is 14.3. The van der Waals surface area contributed by atoms with Gasteiger partial charge in [0, 0.05) is 23.3 Å². The van der Waals surface area contributed by atoms with Gasteiger partial charge in [0.2, 0.25) is 6.04 Å². The summed E-state index contributed by atoms with van der Waals surface area (Å²) in [6.45, 7) is 0. The maximum atomic E-state index is 9.87. The van der Waals surface area contributed by atoms with Gasteiger partial charge in [0.25, 0.3) is 0 Å². The van der Waals surface area contributed by atoms with Crippen LogP contribution in [0.5, 0.6) is 0 Å². The number of hydrogen-bond acceptors (Lipinski definition) is 1. The van der Waals surface area contributed by atoms with Crippen LogP contribution in [0.3, 0.4) is 0 Å². The van der Waals surface area contributed by atoms with Crippen LogP contribution in [0.4, 0.5) is 25.2 Å². The number of halogens is 6. The quantitative estimate of drug-likeness (QED) is 0.260. The summed E-state index contributed by atoms with van der Waals surface area (Å²) in [4.78, 5) is 0. The first kappa shape index (κ1) is 21.4. The zero-order valence-corrected chi connectivity index (χ0v) is 15.2. The van der Waals surface area contributed by atoms with Crippen LogP contribution >= 0.6 is 7.81 Å². The third-order valence-corrected chi connectivity index (χ3v) is 3.51. The van der Waals surface area contributed by atoms with Crippen LogP contribution in [-0.4, -0.2) is 0 Å². The average molecular weight is 416 g/mol. The second-order valence-corrected chi connectivity index (χ2v) is 7.74. The second-order valence-electron chi connectivity index (χ2n) is 5.83. The molecule has 0 N–H and O–H groups in total. The molecule has 0 aliphatic heterocycles. The van der Waals surface area contributed by atoms with E-state index in [1.165, 1.54) is 11.1 Å². The van der Waals surface area contributed by atoms with Crippen molar-refractivity contribution in [1.82, 2.24) is 0 Å². The molecule has 0 spiro atoms. The van der Waals surface area contributed by atoms with E-state index < -0.39 is 7.81 Å². The molecule has 2 nitrogen and oxygen atoms in total. The van der Waals surface area contributed by atoms with Crippen LogP contribution in [0.25, 0.3) is 0 Å². The van der Waals surface area contributed by atoms with E-state index in [1.54, 1.807) is 0 Å². The van der Waals surface area contributed by atoms with E-state index in [1.807, 2.05) is 36.7 Å². The van der Waals surface area contributed by atoms with Crippen LogP contribution in [0.15, 0.2) is 85.2 Å². The van der Waals surface area contributed by atoms with Crippen molar-refractivity contribution >= 4 is 7.81 Å². The zero-order chi connectivity index (χ0) is 20.9. The molecule has 0 radical (unpaired) electrons. The van der Waals surface area contributed by atoms with E-state index in [2.05, 4.69) is 59.2 Å². The molecule has 1 heterocycles. The molecule has 0 amide bonds. The summed E-state index contributed by atoms with van der Waals surface area (Å²) in [5.74, 6) is 0. The van der Waals surface area contributed by atoms with E-state index in [0.29, 0.717) is 5.56 Å². The monoisotopic (exact) mass is 416 g/mol. The van der Waals surface area contributed by atoms with Crippen molar-refractivity contribution in [1.29, 1.82) is 5.26 Å². The summed E-state index contributed by atoms with van der Waals surface area (Å²) >= 11 is 0. The van der Waals surface area contributed by atoms with Crippen molar-refractivity contribution in [3.05, 3.63) is 102 Å². The summed E-state index contributed by atoms with van der Waals surface area (Å²) in [5.41, 5.74) is 3.11. The van der Waals surface area contributed by atoms with Crippen molar-refractivity contribution in [3.8, 4) is 6.07 Å². The predicted octanol–water partition coefficient (Wildman–Crippen LogP) is 6.87. The number of nitriles is 1. The van der Waals surface area contributed by atoms with Gasteiger partial charge in [0.1, 0.15) is 0 Å². The van der Waals surface area contributed by atoms with E-state index in [-0.39, 0.29) is 6.04 Å². The van der Waals surface area contributed by atoms with E-state index >= 15 is 0 Å². The molecule has 0 atom stereocenters. The van der Waals surface area contributed by atoms with Crippen LogP contribution in [0.1, 0.15) is 22.7 Å². The Kier molecular flexibility index (Phi) is 5.54. The van der Waals surface area contributed by atoms with Crippen molar-refractivity contribution in [3.63, 3.8) is 0 Å². The Labute approximate surface area is 157 Å². The van der Waals surface area contributed by atoms with Gasteiger partial charge in [-0.1, -0.05) is 60.7 Å². The molecule has 0 aliphatic rings. The van der Waals surface area contributed by atoms with Crippen molar-refractivity contribution in [2.75, 3.05) is 0 Å². The molecule has 0 saturated carbocycles. The minimum absolute atomic E-state index is 0.111. The standard InChI is InChI=1S/C19H15N2.F6P/c20-15-16-11-13-21(14-12-16)19(17-7-3-1-4-8-17)18-9-5-2-6-10-18;1-7(2,3,4,5)6/h1-14,19H;/q+1;-1. The predicted molar refractivity (Wildman–Crippen MR) is 95.0 cm³/mol. The largest absolute Gasteiger partial charge is 0.208 e. The fourth-order valence-corrected chi connectivity index (χ4v) is 2.49. The number of benzene rings is 2. The normalized spacial score (nSPS) is 13.5. The summed E-state index contributed by atoms with van der Waals surface area (Å²) in [5, 5.41) is 8.94. The number of aromatic nitrogens is 1. The van der Waals surface area contributed by atoms with Crippen LogP contribution < -0.4 is 4.57 Å². The molecule has 3 aromatic rings. The number of rotatable bonds is 3. The first-order valence-electron chi connectivity index (χ1n) is 7.91. The maximum Gasteiger partial charge on any atom is 0.208 e. The summed E-state index contributed by atoms with van der Waals surface area (Å²) < 4.78 is 61.3. The van der Waals surface area contributed by atoms with Crippen LogP contribution in [-0.2, 0) is 0 Å². The Hall–Kier alpha value is -2.91. The third-order valence-electron chi connectivity index (χ3n) is 3.51. The average Bonchev–Trinajstić information content (AvgIpc) is 2.62. The molecule has 0 fully saturated rings. The van der Waals surface area contributed by atoms with Gasteiger partial charge < -0.3 is 0 Å². The first-order chi connectivity index (χ1) is 12.8. The van der Waals surface area contributed by atoms with E-state index in [4.69, 9.17) is 5.26 Å². The summed E-state index contributed by atoms with van der Waals surface area (Å²) in [7, 11) is -10.7. The molecule has 3 rings (SSSR count). The van der Waals surface area contributed by atoms with E-state index in [9.17, 15) is 25.2 Å². The molecule has 9 heteroatoms. The van der Waals surface area contributed by atoms with Crippen LogP contribution in [0.2, 0.25) is 0 Å². The third kappa shape index (κ3) is 8.19. The molecule has 0 unspecified atom stereocenters. The Morgan fingerprint density at radius 3 is 1.36 bits per heavy atom. The van der Waals surface area contributed by atoms with Gasteiger partial charge in [-0.15, -0.1) is 0 Å². The first-order valence-corrected chi connectivity index (χ1v) is 9.93. The molecule has 1 aromatic heterocycles. The van der Waals surface area contributed by atoms with Gasteiger partial charge in [0.05, 0.1) is 11.6 Å². The van der Waals surface area contributed by atoms with Gasteiger partial charge in [0.15, 0.2) is 12.4 Å². The smallest absolute Gasteiger partial charge is 0.194 e. The van der Waals surface area contributed by atoms with Gasteiger partial charge in [-0.3, -0.25) is 0 Å². The topological polar surface area (TPSA) is 27.7 Å². The molecule has 148 valence electrons. The number of hydrogen-bond donors (Lipinski definition) is 0. The molecule has 0 aliphatic carbocycles. The molecule has 0 bridgehead atoms. The van der Waals surface area contributed by atoms with Gasteiger partial charge in [-0.25, -0.2) is 0 Å².